The maximum Gasteiger partial charge on any atom is 0.231 e. The highest BCUT2D eigenvalue weighted by atomic mass is 79.9. The molecule has 0 saturated carbocycles. The Bertz CT molecular complexity index is 1240. The predicted octanol–water partition coefficient (Wildman–Crippen LogP) is 5.91. The van der Waals surface area contributed by atoms with Crippen molar-refractivity contribution in [2.75, 3.05) is 13.3 Å². The summed E-state index contributed by atoms with van der Waals surface area (Å²) in [6.07, 6.45) is 2.56. The molecule has 0 fully saturated rings. The van der Waals surface area contributed by atoms with Crippen LogP contribution in [-0.2, 0) is 13.0 Å². The van der Waals surface area contributed by atoms with Crippen LogP contribution in [-0.4, -0.2) is 24.0 Å². The number of Topliss-reactive ketones (excluding diaryl/α,β-unsaturated/α-hetero) is 1. The first-order valence-corrected chi connectivity index (χ1v) is 11.2. The number of rotatable bonds is 4. The second-order valence-corrected chi connectivity index (χ2v) is 8.98. The minimum atomic E-state index is -0.228. The van der Waals surface area contributed by atoms with Gasteiger partial charge in [0, 0.05) is 28.7 Å². The number of hydrogen-bond acceptors (Lipinski definition) is 4. The number of fused-ring (bicyclic) bond motifs is 2. The number of carbonyl (C=O) groups excluding carboxylic acids is 1. The monoisotopic (exact) mass is 493 g/mol. The molecule has 32 heavy (non-hydrogen) atoms. The molecule has 0 spiro atoms. The van der Waals surface area contributed by atoms with Crippen molar-refractivity contribution in [3.8, 4) is 11.5 Å². The summed E-state index contributed by atoms with van der Waals surface area (Å²) < 4.78 is 26.1. The van der Waals surface area contributed by atoms with Gasteiger partial charge in [-0.2, -0.15) is 0 Å². The van der Waals surface area contributed by atoms with Crippen molar-refractivity contribution in [1.29, 1.82) is 0 Å². The number of nitrogens with zero attached hydrogens (tertiary/aromatic N) is 1. The van der Waals surface area contributed by atoms with E-state index in [9.17, 15) is 9.18 Å². The van der Waals surface area contributed by atoms with E-state index in [1.165, 1.54) is 12.1 Å². The second kappa shape index (κ2) is 8.52. The number of ether oxygens (including phenoxy) is 2. The zero-order valence-electron chi connectivity index (χ0n) is 17.5. The van der Waals surface area contributed by atoms with E-state index in [4.69, 9.17) is 9.47 Å². The van der Waals surface area contributed by atoms with Gasteiger partial charge in [-0.05, 0) is 60.9 Å². The largest absolute Gasteiger partial charge is 0.477 e. The quantitative estimate of drug-likeness (QED) is 0.423. The van der Waals surface area contributed by atoms with E-state index in [2.05, 4.69) is 20.8 Å². The Morgan fingerprint density at radius 3 is 2.72 bits per heavy atom. The lowest BCUT2D eigenvalue weighted by atomic mass is 10.00. The van der Waals surface area contributed by atoms with E-state index in [-0.39, 0.29) is 11.6 Å². The van der Waals surface area contributed by atoms with Crippen LogP contribution in [0.3, 0.4) is 0 Å². The van der Waals surface area contributed by atoms with Crippen LogP contribution in [0, 0.1) is 12.7 Å². The lowest BCUT2D eigenvalue weighted by Gasteiger charge is -2.30. The van der Waals surface area contributed by atoms with E-state index in [1.807, 2.05) is 37.3 Å². The lowest BCUT2D eigenvalue weighted by Crippen LogP contribution is -2.34. The summed E-state index contributed by atoms with van der Waals surface area (Å²) in [5, 5.41) is 0. The highest BCUT2D eigenvalue weighted by molar-refractivity contribution is 9.10. The molecule has 0 unspecified atom stereocenters. The smallest absolute Gasteiger partial charge is 0.231 e. The van der Waals surface area contributed by atoms with E-state index in [0.717, 1.165) is 45.4 Å². The van der Waals surface area contributed by atoms with Crippen LogP contribution in [0.2, 0.25) is 0 Å². The molecule has 2 aliphatic rings. The van der Waals surface area contributed by atoms with Gasteiger partial charge in [-0.3, -0.25) is 9.69 Å². The van der Waals surface area contributed by atoms with E-state index in [1.54, 1.807) is 18.2 Å². The van der Waals surface area contributed by atoms with Crippen LogP contribution in [0.5, 0.6) is 11.5 Å². The summed E-state index contributed by atoms with van der Waals surface area (Å²) in [6.45, 7) is 3.85. The fraction of sp³-hybridized carbons (Fsp3) is 0.192. The fourth-order valence-electron chi connectivity index (χ4n) is 4.13. The fourth-order valence-corrected chi connectivity index (χ4v) is 4.54. The lowest BCUT2D eigenvalue weighted by molar-refractivity contribution is 0.0954. The van der Waals surface area contributed by atoms with Crippen LogP contribution < -0.4 is 9.47 Å². The molecule has 0 saturated heterocycles. The summed E-state index contributed by atoms with van der Waals surface area (Å²) >= 11 is 3.45. The SMILES string of the molecule is Cc1c2c(cc3c1O/C(=C\c1cccc(Br)c1)C3=O)CN(CCc1ccc(F)cc1)CO2. The van der Waals surface area contributed by atoms with E-state index >= 15 is 0 Å². The minimum absolute atomic E-state index is 0.116. The van der Waals surface area contributed by atoms with Crippen molar-refractivity contribution in [2.45, 2.75) is 19.9 Å². The van der Waals surface area contributed by atoms with Crippen LogP contribution >= 0.6 is 15.9 Å². The molecule has 0 bridgehead atoms. The molecule has 5 rings (SSSR count). The van der Waals surface area contributed by atoms with Gasteiger partial charge in [-0.25, -0.2) is 4.39 Å². The van der Waals surface area contributed by atoms with Crippen molar-refractivity contribution < 1.29 is 18.7 Å². The highest BCUT2D eigenvalue weighted by Crippen LogP contribution is 2.43. The normalized spacial score (nSPS) is 16.5. The first-order chi connectivity index (χ1) is 15.5. The molecule has 2 heterocycles. The minimum Gasteiger partial charge on any atom is -0.477 e. The molecule has 0 amide bonds. The molecule has 0 atom stereocenters. The van der Waals surface area contributed by atoms with Crippen LogP contribution in [0.1, 0.15) is 32.6 Å². The zero-order valence-corrected chi connectivity index (χ0v) is 19.1. The van der Waals surface area contributed by atoms with Gasteiger partial charge >= 0.3 is 0 Å². The first kappa shape index (κ1) is 20.9. The Labute approximate surface area is 194 Å². The van der Waals surface area contributed by atoms with Crippen LogP contribution in [0.25, 0.3) is 6.08 Å². The Morgan fingerprint density at radius 1 is 1.12 bits per heavy atom. The molecule has 0 N–H and O–H groups in total. The third kappa shape index (κ3) is 4.08. The maximum absolute atomic E-state index is 13.1. The average molecular weight is 494 g/mol. The molecule has 2 aliphatic heterocycles. The topological polar surface area (TPSA) is 38.8 Å². The Kier molecular flexibility index (Phi) is 5.57. The van der Waals surface area contributed by atoms with Gasteiger partial charge in [0.25, 0.3) is 0 Å². The van der Waals surface area contributed by atoms with Crippen molar-refractivity contribution >= 4 is 27.8 Å². The number of hydrogen-bond donors (Lipinski definition) is 0. The molecule has 0 aromatic heterocycles. The molecule has 4 nitrogen and oxygen atoms in total. The number of carbonyl (C=O) groups is 1. The predicted molar refractivity (Wildman–Crippen MR) is 124 cm³/mol. The molecular formula is C26H21BrFNO3. The van der Waals surface area contributed by atoms with Crippen LogP contribution in [0.4, 0.5) is 4.39 Å². The van der Waals surface area contributed by atoms with Crippen molar-refractivity contribution in [3.63, 3.8) is 0 Å². The third-order valence-corrected chi connectivity index (χ3v) is 6.27. The van der Waals surface area contributed by atoms with Gasteiger partial charge in [0.15, 0.2) is 5.76 Å². The molecule has 0 aliphatic carbocycles. The number of ketones is 1. The number of halogens is 2. The standard InChI is InChI=1S/C26H21BrFNO3/c1-16-25-19(14-29(15-31-25)10-9-17-5-7-21(28)8-6-17)13-22-24(30)23(32-26(16)22)12-18-3-2-4-20(27)11-18/h2-8,11-13H,9-10,14-15H2,1H3/b23-12-. The van der Waals surface area contributed by atoms with Gasteiger partial charge in [-0.15, -0.1) is 0 Å². The maximum atomic E-state index is 13.1. The molecule has 6 heteroatoms. The molecule has 3 aromatic carbocycles. The van der Waals surface area contributed by atoms with Gasteiger partial charge in [-0.1, -0.05) is 40.2 Å². The van der Waals surface area contributed by atoms with Crippen molar-refractivity contribution in [3.05, 3.63) is 98.5 Å². The molecule has 0 radical (unpaired) electrons. The highest BCUT2D eigenvalue weighted by Gasteiger charge is 2.33. The van der Waals surface area contributed by atoms with Crippen molar-refractivity contribution in [2.24, 2.45) is 0 Å². The third-order valence-electron chi connectivity index (χ3n) is 5.78. The van der Waals surface area contributed by atoms with E-state index < -0.39 is 0 Å². The van der Waals surface area contributed by atoms with Gasteiger partial charge in [0.1, 0.15) is 24.0 Å². The Hall–Kier alpha value is -2.96. The van der Waals surface area contributed by atoms with Gasteiger partial charge in [0.2, 0.25) is 5.78 Å². The Balaban J connectivity index is 1.36. The average Bonchev–Trinajstić information content (AvgIpc) is 3.09. The summed E-state index contributed by atoms with van der Waals surface area (Å²) in [5.41, 5.74) is 4.37. The first-order valence-electron chi connectivity index (χ1n) is 10.4. The number of allylic oxidation sites excluding steroid dienone is 1. The zero-order chi connectivity index (χ0) is 22.2. The summed E-state index contributed by atoms with van der Waals surface area (Å²) in [7, 11) is 0. The van der Waals surface area contributed by atoms with Gasteiger partial charge in [0.05, 0.1) is 5.56 Å². The van der Waals surface area contributed by atoms with Crippen LogP contribution in [0.15, 0.2) is 64.8 Å². The number of benzene rings is 3. The van der Waals surface area contributed by atoms with Gasteiger partial charge < -0.3 is 9.47 Å². The van der Waals surface area contributed by atoms with Crippen molar-refractivity contribution in [1.82, 2.24) is 4.90 Å². The molecule has 162 valence electrons. The Morgan fingerprint density at radius 2 is 1.94 bits per heavy atom. The molecule has 3 aromatic rings. The van der Waals surface area contributed by atoms with E-state index in [0.29, 0.717) is 30.3 Å². The second-order valence-electron chi connectivity index (χ2n) is 8.06. The molecular weight excluding hydrogens is 473 g/mol. The summed E-state index contributed by atoms with van der Waals surface area (Å²) in [4.78, 5) is 15.2. The summed E-state index contributed by atoms with van der Waals surface area (Å²) in [6, 6.07) is 16.2. The summed E-state index contributed by atoms with van der Waals surface area (Å²) in [5.74, 6) is 1.34.